The minimum atomic E-state index is -0.0928. The Morgan fingerprint density at radius 3 is 2.40 bits per heavy atom. The quantitative estimate of drug-likeness (QED) is 0.409. The summed E-state index contributed by atoms with van der Waals surface area (Å²) in [6.45, 7) is 3.00. The number of carbonyl (C=O) groups is 1. The van der Waals surface area contributed by atoms with Crippen molar-refractivity contribution in [2.75, 3.05) is 23.7 Å². The molecule has 7 heteroatoms. The van der Waals surface area contributed by atoms with Crippen LogP contribution in [0.15, 0.2) is 72.9 Å². The van der Waals surface area contributed by atoms with Gasteiger partial charge in [0.1, 0.15) is 11.6 Å². The Bertz CT molecular complexity index is 1140. The van der Waals surface area contributed by atoms with Gasteiger partial charge in [-0.3, -0.25) is 4.79 Å². The van der Waals surface area contributed by atoms with Crippen LogP contribution in [-0.4, -0.2) is 34.2 Å². The van der Waals surface area contributed by atoms with E-state index in [4.69, 9.17) is 0 Å². The molecule has 1 amide bonds. The molecule has 7 nitrogen and oxygen atoms in total. The zero-order valence-electron chi connectivity index (χ0n) is 16.6. The van der Waals surface area contributed by atoms with Crippen LogP contribution in [0.3, 0.4) is 0 Å². The Labute approximate surface area is 174 Å². The van der Waals surface area contributed by atoms with Crippen molar-refractivity contribution in [2.24, 2.45) is 0 Å². The second kappa shape index (κ2) is 9.00. The van der Waals surface area contributed by atoms with Crippen molar-refractivity contribution in [1.29, 1.82) is 0 Å². The summed E-state index contributed by atoms with van der Waals surface area (Å²) >= 11 is 0. The summed E-state index contributed by atoms with van der Waals surface area (Å²) in [6.07, 6.45) is 1.79. The number of nitrogens with one attached hydrogen (secondary N) is 3. The smallest absolute Gasteiger partial charge is 0.251 e. The van der Waals surface area contributed by atoms with Crippen LogP contribution in [0.1, 0.15) is 15.9 Å². The largest absolute Gasteiger partial charge is 0.367 e. The first-order valence-corrected chi connectivity index (χ1v) is 9.72. The Kier molecular flexibility index (Phi) is 5.80. The van der Waals surface area contributed by atoms with E-state index in [1.54, 1.807) is 6.20 Å². The van der Waals surface area contributed by atoms with Crippen LogP contribution in [0, 0.1) is 6.92 Å². The summed E-state index contributed by atoms with van der Waals surface area (Å²) in [5.41, 5.74) is 1.77. The van der Waals surface area contributed by atoms with E-state index >= 15 is 0 Å². The van der Waals surface area contributed by atoms with Crippen molar-refractivity contribution in [3.8, 4) is 0 Å². The Balaban J connectivity index is 1.27. The normalized spacial score (nSPS) is 10.6. The van der Waals surface area contributed by atoms with Crippen LogP contribution in [0.25, 0.3) is 10.8 Å². The molecule has 0 aliphatic rings. The van der Waals surface area contributed by atoms with E-state index in [0.29, 0.717) is 36.1 Å². The van der Waals surface area contributed by atoms with Gasteiger partial charge in [0.25, 0.3) is 5.91 Å². The van der Waals surface area contributed by atoms with E-state index in [2.05, 4.69) is 31.1 Å². The fourth-order valence-corrected chi connectivity index (χ4v) is 3.05. The fourth-order valence-electron chi connectivity index (χ4n) is 3.05. The van der Waals surface area contributed by atoms with Gasteiger partial charge in [0.15, 0.2) is 5.82 Å². The van der Waals surface area contributed by atoms with E-state index in [1.807, 2.05) is 73.7 Å². The number of hydrogen-bond donors (Lipinski definition) is 3. The molecular weight excluding hydrogens is 376 g/mol. The predicted molar refractivity (Wildman–Crippen MR) is 119 cm³/mol. The summed E-state index contributed by atoms with van der Waals surface area (Å²) in [4.78, 5) is 16.8. The number of amides is 1. The topological polar surface area (TPSA) is 91.8 Å². The minimum Gasteiger partial charge on any atom is -0.367 e. The van der Waals surface area contributed by atoms with Gasteiger partial charge in [-0.15, -0.1) is 10.2 Å². The van der Waals surface area contributed by atoms with E-state index in [1.165, 1.54) is 0 Å². The molecule has 150 valence electrons. The van der Waals surface area contributed by atoms with Gasteiger partial charge >= 0.3 is 0 Å². The molecule has 4 rings (SSSR count). The summed E-state index contributed by atoms with van der Waals surface area (Å²) in [5.74, 6) is 1.87. The lowest BCUT2D eigenvalue weighted by molar-refractivity contribution is 0.0957. The third-order valence-electron chi connectivity index (χ3n) is 4.58. The number of aromatic nitrogens is 3. The zero-order chi connectivity index (χ0) is 20.8. The molecule has 2 aromatic heterocycles. The van der Waals surface area contributed by atoms with Crippen molar-refractivity contribution >= 4 is 34.1 Å². The molecule has 0 aliphatic carbocycles. The third kappa shape index (κ3) is 4.70. The highest BCUT2D eigenvalue weighted by molar-refractivity contribution is 6.07. The number of pyridine rings is 1. The number of benzene rings is 2. The summed E-state index contributed by atoms with van der Waals surface area (Å²) in [5, 5.41) is 19.5. The van der Waals surface area contributed by atoms with Crippen molar-refractivity contribution in [3.63, 3.8) is 0 Å². The van der Waals surface area contributed by atoms with E-state index < -0.39 is 0 Å². The maximum atomic E-state index is 12.5. The molecule has 0 spiro atoms. The summed E-state index contributed by atoms with van der Waals surface area (Å²) < 4.78 is 0. The molecule has 0 saturated carbocycles. The molecule has 0 saturated heterocycles. The predicted octanol–water partition coefficient (Wildman–Crippen LogP) is 3.92. The SMILES string of the molecule is Cc1ccc(Nc2ccc(NCCNC(=O)c3cccc4ccccc34)nn2)nc1. The maximum Gasteiger partial charge on any atom is 0.251 e. The summed E-state index contributed by atoms with van der Waals surface area (Å²) in [6, 6.07) is 21.1. The van der Waals surface area contributed by atoms with Crippen LogP contribution >= 0.6 is 0 Å². The second-order valence-electron chi connectivity index (χ2n) is 6.86. The Morgan fingerprint density at radius 2 is 1.60 bits per heavy atom. The standard InChI is InChI=1S/C23H22N6O/c1-16-9-10-20(26-15-16)27-22-12-11-21(28-29-22)24-13-14-25-23(30)19-8-4-6-17-5-2-3-7-18(17)19/h2-12,15H,13-14H2,1H3,(H,24,28)(H,25,30)(H,26,27,29). The van der Waals surface area contributed by atoms with Crippen LogP contribution in [0.5, 0.6) is 0 Å². The highest BCUT2D eigenvalue weighted by atomic mass is 16.1. The molecule has 3 N–H and O–H groups in total. The molecule has 0 aliphatic heterocycles. The molecule has 2 heterocycles. The summed E-state index contributed by atoms with van der Waals surface area (Å²) in [7, 11) is 0. The molecule has 0 radical (unpaired) electrons. The van der Waals surface area contributed by atoms with Gasteiger partial charge in [-0.2, -0.15) is 0 Å². The number of nitrogens with zero attached hydrogens (tertiary/aromatic N) is 3. The van der Waals surface area contributed by atoms with Gasteiger partial charge in [-0.25, -0.2) is 4.98 Å². The molecule has 30 heavy (non-hydrogen) atoms. The van der Waals surface area contributed by atoms with Crippen molar-refractivity contribution in [1.82, 2.24) is 20.5 Å². The first-order valence-electron chi connectivity index (χ1n) is 9.72. The highest BCUT2D eigenvalue weighted by Crippen LogP contribution is 2.18. The lowest BCUT2D eigenvalue weighted by Gasteiger charge is -2.09. The van der Waals surface area contributed by atoms with Crippen LogP contribution in [0.4, 0.5) is 17.5 Å². The molecule has 2 aromatic carbocycles. The van der Waals surface area contributed by atoms with E-state index in [-0.39, 0.29) is 5.91 Å². The number of fused-ring (bicyclic) bond motifs is 1. The van der Waals surface area contributed by atoms with Crippen LogP contribution in [-0.2, 0) is 0 Å². The monoisotopic (exact) mass is 398 g/mol. The second-order valence-corrected chi connectivity index (χ2v) is 6.86. The number of anilines is 3. The van der Waals surface area contributed by atoms with Gasteiger partial charge in [-0.1, -0.05) is 42.5 Å². The van der Waals surface area contributed by atoms with Crippen molar-refractivity contribution < 1.29 is 4.79 Å². The lowest BCUT2D eigenvalue weighted by Crippen LogP contribution is -2.29. The first-order chi connectivity index (χ1) is 14.7. The molecular formula is C23H22N6O. The molecule has 4 aromatic rings. The van der Waals surface area contributed by atoms with Gasteiger partial charge in [-0.05, 0) is 47.5 Å². The number of hydrogen-bond acceptors (Lipinski definition) is 6. The molecule has 0 atom stereocenters. The minimum absolute atomic E-state index is 0.0928. The van der Waals surface area contributed by atoms with E-state index in [0.717, 1.165) is 16.3 Å². The molecule has 0 bridgehead atoms. The first kappa shape index (κ1) is 19.3. The average molecular weight is 398 g/mol. The lowest BCUT2D eigenvalue weighted by atomic mass is 10.0. The fraction of sp³-hybridized carbons (Fsp3) is 0.130. The van der Waals surface area contributed by atoms with Crippen molar-refractivity contribution in [2.45, 2.75) is 6.92 Å². The van der Waals surface area contributed by atoms with Gasteiger partial charge in [0.2, 0.25) is 0 Å². The van der Waals surface area contributed by atoms with Crippen LogP contribution in [0.2, 0.25) is 0 Å². The zero-order valence-corrected chi connectivity index (χ0v) is 16.6. The Morgan fingerprint density at radius 1 is 0.833 bits per heavy atom. The highest BCUT2D eigenvalue weighted by Gasteiger charge is 2.08. The Hall–Kier alpha value is -4.00. The molecule has 0 fully saturated rings. The van der Waals surface area contributed by atoms with E-state index in [9.17, 15) is 4.79 Å². The molecule has 0 unspecified atom stereocenters. The van der Waals surface area contributed by atoms with Gasteiger partial charge < -0.3 is 16.0 Å². The number of aryl methyl sites for hydroxylation is 1. The number of rotatable bonds is 7. The third-order valence-corrected chi connectivity index (χ3v) is 4.58. The number of carbonyl (C=O) groups excluding carboxylic acids is 1. The average Bonchev–Trinajstić information content (AvgIpc) is 2.79. The van der Waals surface area contributed by atoms with Crippen LogP contribution < -0.4 is 16.0 Å². The van der Waals surface area contributed by atoms with Gasteiger partial charge in [0.05, 0.1) is 0 Å². The maximum absolute atomic E-state index is 12.5. The van der Waals surface area contributed by atoms with Crippen molar-refractivity contribution in [3.05, 3.63) is 84.1 Å². The van der Waals surface area contributed by atoms with Gasteiger partial charge in [0, 0.05) is 24.8 Å².